The Bertz CT molecular complexity index is 655. The van der Waals surface area contributed by atoms with Gasteiger partial charge in [0.1, 0.15) is 5.82 Å². The first-order valence-corrected chi connectivity index (χ1v) is 7.52. The minimum Gasteiger partial charge on any atom is -0.356 e. The van der Waals surface area contributed by atoms with Gasteiger partial charge >= 0.3 is 0 Å². The van der Waals surface area contributed by atoms with E-state index in [1.165, 1.54) is 0 Å². The van der Waals surface area contributed by atoms with Crippen molar-refractivity contribution in [2.24, 2.45) is 12.0 Å². The average molecular weight is 449 g/mol. The smallest absolute Gasteiger partial charge is 0.191 e. The Morgan fingerprint density at radius 1 is 1.26 bits per heavy atom. The number of benzene rings is 1. The maximum absolute atomic E-state index is 6.14. The first-order chi connectivity index (χ1) is 10.6. The Kier molecular flexibility index (Phi) is 8.32. The highest BCUT2D eigenvalue weighted by Crippen LogP contribution is 2.14. The number of aryl methyl sites for hydroxylation is 1. The fourth-order valence-corrected chi connectivity index (χ4v) is 2.24. The maximum Gasteiger partial charge on any atom is 0.191 e. The van der Waals surface area contributed by atoms with E-state index < -0.39 is 0 Å². The molecule has 0 unspecified atom stereocenters. The van der Waals surface area contributed by atoms with Crippen LogP contribution in [0, 0.1) is 6.92 Å². The lowest BCUT2D eigenvalue weighted by molar-refractivity contribution is 0.716. The van der Waals surface area contributed by atoms with E-state index in [1.54, 1.807) is 7.05 Å². The average Bonchev–Trinajstić information content (AvgIpc) is 2.84. The van der Waals surface area contributed by atoms with E-state index in [0.29, 0.717) is 6.54 Å². The van der Waals surface area contributed by atoms with E-state index in [2.05, 4.69) is 25.8 Å². The molecule has 2 rings (SSSR count). The predicted octanol–water partition coefficient (Wildman–Crippen LogP) is 2.30. The summed E-state index contributed by atoms with van der Waals surface area (Å²) < 4.78 is 1.95. The van der Waals surface area contributed by atoms with Crippen molar-refractivity contribution in [3.05, 3.63) is 46.5 Å². The van der Waals surface area contributed by atoms with Crippen LogP contribution in [-0.2, 0) is 20.0 Å². The molecule has 0 fully saturated rings. The Labute approximate surface area is 158 Å². The Hall–Kier alpha value is -1.35. The molecule has 2 aromatic rings. The van der Waals surface area contributed by atoms with Crippen LogP contribution in [0.2, 0.25) is 5.02 Å². The molecule has 0 saturated heterocycles. The number of hydrogen-bond donors (Lipinski definition) is 2. The van der Waals surface area contributed by atoms with E-state index in [1.807, 2.05) is 42.8 Å². The lowest BCUT2D eigenvalue weighted by Crippen LogP contribution is -2.38. The Morgan fingerprint density at radius 2 is 2.00 bits per heavy atom. The van der Waals surface area contributed by atoms with E-state index in [0.717, 1.165) is 41.2 Å². The molecule has 8 heteroatoms. The maximum atomic E-state index is 6.14. The summed E-state index contributed by atoms with van der Waals surface area (Å²) in [7, 11) is 3.69. The molecule has 1 aromatic carbocycles. The molecule has 0 saturated carbocycles. The topological polar surface area (TPSA) is 67.1 Å². The molecule has 2 N–H and O–H groups in total. The molecule has 0 aliphatic carbocycles. The van der Waals surface area contributed by atoms with Crippen LogP contribution in [0.3, 0.4) is 0 Å². The number of aromatic nitrogens is 3. The summed E-state index contributed by atoms with van der Waals surface area (Å²) in [5.74, 6) is 2.48. The first kappa shape index (κ1) is 19.7. The number of halogens is 2. The van der Waals surface area contributed by atoms with Gasteiger partial charge in [0, 0.05) is 25.7 Å². The normalized spacial score (nSPS) is 11.0. The molecule has 0 bridgehead atoms. The van der Waals surface area contributed by atoms with Crippen molar-refractivity contribution in [1.29, 1.82) is 0 Å². The largest absolute Gasteiger partial charge is 0.356 e. The van der Waals surface area contributed by atoms with Crippen molar-refractivity contribution in [2.45, 2.75) is 19.9 Å². The summed E-state index contributed by atoms with van der Waals surface area (Å²) in [5, 5.41) is 15.4. The van der Waals surface area contributed by atoms with Gasteiger partial charge in [0.15, 0.2) is 11.8 Å². The van der Waals surface area contributed by atoms with Crippen LogP contribution in [0.25, 0.3) is 0 Å². The third-order valence-electron chi connectivity index (χ3n) is 3.46. The second-order valence-electron chi connectivity index (χ2n) is 4.92. The molecule has 0 amide bonds. The second-order valence-corrected chi connectivity index (χ2v) is 5.32. The van der Waals surface area contributed by atoms with Crippen LogP contribution >= 0.6 is 35.6 Å². The van der Waals surface area contributed by atoms with Crippen LogP contribution in [0.15, 0.2) is 29.3 Å². The third kappa shape index (κ3) is 5.65. The monoisotopic (exact) mass is 448 g/mol. The van der Waals surface area contributed by atoms with Gasteiger partial charge in [0.2, 0.25) is 0 Å². The van der Waals surface area contributed by atoms with Gasteiger partial charge in [-0.1, -0.05) is 29.8 Å². The lowest BCUT2D eigenvalue weighted by atomic mass is 10.1. The number of aliphatic imine (C=N–C) groups is 1. The highest BCUT2D eigenvalue weighted by molar-refractivity contribution is 14.0. The molecule has 126 valence electrons. The van der Waals surface area contributed by atoms with Crippen LogP contribution in [0.1, 0.15) is 17.2 Å². The summed E-state index contributed by atoms with van der Waals surface area (Å²) in [4.78, 5) is 4.20. The molecular weight excluding hydrogens is 427 g/mol. The summed E-state index contributed by atoms with van der Waals surface area (Å²) in [6.07, 6.45) is 0.837. The van der Waals surface area contributed by atoms with Gasteiger partial charge in [0.25, 0.3) is 0 Å². The van der Waals surface area contributed by atoms with Crippen LogP contribution in [0.4, 0.5) is 0 Å². The first-order valence-electron chi connectivity index (χ1n) is 7.14. The van der Waals surface area contributed by atoms with Crippen molar-refractivity contribution >= 4 is 41.5 Å². The van der Waals surface area contributed by atoms with Gasteiger partial charge in [-0.15, -0.1) is 34.2 Å². The molecule has 1 heterocycles. The van der Waals surface area contributed by atoms with Crippen molar-refractivity contribution in [2.75, 3.05) is 13.6 Å². The highest BCUT2D eigenvalue weighted by Gasteiger charge is 2.06. The fourth-order valence-electron chi connectivity index (χ4n) is 2.01. The van der Waals surface area contributed by atoms with Crippen LogP contribution < -0.4 is 10.6 Å². The van der Waals surface area contributed by atoms with Gasteiger partial charge in [0.05, 0.1) is 6.54 Å². The third-order valence-corrected chi connectivity index (χ3v) is 3.83. The summed E-state index contributed by atoms with van der Waals surface area (Å²) >= 11 is 6.14. The molecule has 0 radical (unpaired) electrons. The number of nitrogens with zero attached hydrogens (tertiary/aromatic N) is 4. The molecule has 0 aliphatic heterocycles. The van der Waals surface area contributed by atoms with E-state index >= 15 is 0 Å². The zero-order valence-corrected chi connectivity index (χ0v) is 16.6. The van der Waals surface area contributed by atoms with Gasteiger partial charge in [-0.05, 0) is 25.0 Å². The summed E-state index contributed by atoms with van der Waals surface area (Å²) in [6, 6.07) is 7.86. The molecule has 6 nitrogen and oxygen atoms in total. The van der Waals surface area contributed by atoms with E-state index in [-0.39, 0.29) is 24.0 Å². The standard InChI is InChI=1S/C15H21ClN6.HI/c1-11-20-21-14(22(11)3)10-19-15(17-2)18-9-8-12-6-4-5-7-13(12)16;/h4-7H,8-10H2,1-3H3,(H2,17,18,19);1H. The minimum absolute atomic E-state index is 0. The van der Waals surface area contributed by atoms with Crippen molar-refractivity contribution < 1.29 is 0 Å². The molecule has 1 aromatic heterocycles. The van der Waals surface area contributed by atoms with Gasteiger partial charge in [-0.3, -0.25) is 4.99 Å². The Morgan fingerprint density at radius 3 is 2.61 bits per heavy atom. The number of hydrogen-bond acceptors (Lipinski definition) is 3. The van der Waals surface area contributed by atoms with Crippen molar-refractivity contribution in [1.82, 2.24) is 25.4 Å². The van der Waals surface area contributed by atoms with Gasteiger partial charge < -0.3 is 15.2 Å². The fraction of sp³-hybridized carbons (Fsp3) is 0.400. The summed E-state index contributed by atoms with van der Waals surface area (Å²) in [6.45, 7) is 3.25. The molecule has 0 atom stereocenters. The Balaban J connectivity index is 0.00000264. The number of rotatable bonds is 5. The van der Waals surface area contributed by atoms with Gasteiger partial charge in [-0.2, -0.15) is 0 Å². The molecule has 23 heavy (non-hydrogen) atoms. The van der Waals surface area contributed by atoms with Crippen molar-refractivity contribution in [3.8, 4) is 0 Å². The molecule has 0 spiro atoms. The quantitative estimate of drug-likeness (QED) is 0.418. The highest BCUT2D eigenvalue weighted by atomic mass is 127. The lowest BCUT2D eigenvalue weighted by Gasteiger charge is -2.12. The van der Waals surface area contributed by atoms with Crippen LogP contribution in [0.5, 0.6) is 0 Å². The zero-order valence-electron chi connectivity index (χ0n) is 13.5. The SMILES string of the molecule is CN=C(NCCc1ccccc1Cl)NCc1nnc(C)n1C.I. The van der Waals surface area contributed by atoms with Crippen molar-refractivity contribution in [3.63, 3.8) is 0 Å². The van der Waals surface area contributed by atoms with E-state index in [4.69, 9.17) is 11.6 Å². The second kappa shape index (κ2) is 9.71. The number of guanidine groups is 1. The molecule has 0 aliphatic rings. The van der Waals surface area contributed by atoms with Crippen LogP contribution in [-0.4, -0.2) is 34.3 Å². The predicted molar refractivity (Wildman–Crippen MR) is 105 cm³/mol. The summed E-state index contributed by atoms with van der Waals surface area (Å²) in [5.41, 5.74) is 1.12. The zero-order chi connectivity index (χ0) is 15.9. The molecular formula is C15H22ClIN6. The number of nitrogens with one attached hydrogen (secondary N) is 2. The minimum atomic E-state index is 0. The van der Waals surface area contributed by atoms with E-state index in [9.17, 15) is 0 Å². The van der Waals surface area contributed by atoms with Gasteiger partial charge in [-0.25, -0.2) is 0 Å².